The lowest BCUT2D eigenvalue weighted by Crippen LogP contribution is -2.24. The number of nitrogens with zero attached hydrogens (tertiary/aromatic N) is 5. The van der Waals surface area contributed by atoms with Crippen molar-refractivity contribution in [2.24, 2.45) is 7.05 Å². The SMILES string of the molecule is Cn1nccc1CNC(=O)c1cnn2c(C(F)(F)F)cc(C3CC3)nc12. The second-order valence-corrected chi connectivity index (χ2v) is 6.26. The van der Waals surface area contributed by atoms with Gasteiger partial charge in [0.25, 0.3) is 5.91 Å². The van der Waals surface area contributed by atoms with Crippen LogP contribution in [0.1, 0.15) is 46.2 Å². The monoisotopic (exact) mass is 364 g/mol. The molecule has 1 N–H and O–H groups in total. The number of carbonyl (C=O) groups excluding carboxylic acids is 1. The number of aromatic nitrogens is 5. The van der Waals surface area contributed by atoms with Crippen LogP contribution < -0.4 is 5.32 Å². The molecule has 0 atom stereocenters. The molecule has 0 radical (unpaired) electrons. The zero-order valence-corrected chi connectivity index (χ0v) is 13.8. The number of hydrogen-bond acceptors (Lipinski definition) is 4. The molecule has 136 valence electrons. The maximum absolute atomic E-state index is 13.4. The third-order valence-electron chi connectivity index (χ3n) is 4.37. The van der Waals surface area contributed by atoms with E-state index < -0.39 is 17.8 Å². The van der Waals surface area contributed by atoms with Crippen molar-refractivity contribution in [1.82, 2.24) is 29.7 Å². The molecule has 0 aliphatic heterocycles. The van der Waals surface area contributed by atoms with Crippen molar-refractivity contribution >= 4 is 11.6 Å². The number of nitrogens with one attached hydrogen (secondary N) is 1. The minimum atomic E-state index is -4.58. The highest BCUT2D eigenvalue weighted by Crippen LogP contribution is 2.41. The van der Waals surface area contributed by atoms with Crippen molar-refractivity contribution in [2.75, 3.05) is 0 Å². The number of hydrogen-bond donors (Lipinski definition) is 1. The molecule has 0 aromatic carbocycles. The molecule has 0 unspecified atom stereocenters. The molecule has 0 saturated heterocycles. The summed E-state index contributed by atoms with van der Waals surface area (Å²) >= 11 is 0. The van der Waals surface area contributed by atoms with E-state index in [9.17, 15) is 18.0 Å². The van der Waals surface area contributed by atoms with Gasteiger partial charge in [0.1, 0.15) is 11.3 Å². The average molecular weight is 364 g/mol. The van der Waals surface area contributed by atoms with Crippen LogP contribution in [-0.4, -0.2) is 30.3 Å². The number of carbonyl (C=O) groups is 1. The molecule has 3 aromatic heterocycles. The highest BCUT2D eigenvalue weighted by Gasteiger charge is 2.37. The number of amides is 1. The minimum absolute atomic E-state index is 0.0140. The summed E-state index contributed by atoms with van der Waals surface area (Å²) in [6.45, 7) is 0.196. The maximum Gasteiger partial charge on any atom is 0.433 e. The van der Waals surface area contributed by atoms with Crippen LogP contribution in [0, 0.1) is 0 Å². The van der Waals surface area contributed by atoms with Gasteiger partial charge in [0, 0.05) is 24.9 Å². The molecule has 26 heavy (non-hydrogen) atoms. The van der Waals surface area contributed by atoms with E-state index in [0.717, 1.165) is 30.8 Å². The first-order valence-corrected chi connectivity index (χ1v) is 8.05. The van der Waals surface area contributed by atoms with Crippen molar-refractivity contribution in [3.63, 3.8) is 0 Å². The number of halogens is 3. The highest BCUT2D eigenvalue weighted by molar-refractivity contribution is 5.99. The van der Waals surface area contributed by atoms with E-state index in [4.69, 9.17) is 0 Å². The Morgan fingerprint density at radius 2 is 2.12 bits per heavy atom. The van der Waals surface area contributed by atoms with Gasteiger partial charge in [0.05, 0.1) is 18.4 Å². The summed E-state index contributed by atoms with van der Waals surface area (Å²) in [4.78, 5) is 16.7. The molecule has 3 heterocycles. The van der Waals surface area contributed by atoms with Gasteiger partial charge >= 0.3 is 6.18 Å². The van der Waals surface area contributed by atoms with Gasteiger partial charge in [-0.05, 0) is 25.0 Å². The summed E-state index contributed by atoms with van der Waals surface area (Å²) in [5.41, 5.74) is 0.128. The molecule has 0 bridgehead atoms. The van der Waals surface area contributed by atoms with Crippen LogP contribution >= 0.6 is 0 Å². The van der Waals surface area contributed by atoms with Crippen LogP contribution in [0.3, 0.4) is 0 Å². The van der Waals surface area contributed by atoms with E-state index in [1.807, 2.05) is 0 Å². The Hall–Kier alpha value is -2.91. The van der Waals surface area contributed by atoms with Crippen LogP contribution in [-0.2, 0) is 19.8 Å². The number of fused-ring (bicyclic) bond motifs is 1. The van der Waals surface area contributed by atoms with Crippen LogP contribution in [0.25, 0.3) is 5.65 Å². The van der Waals surface area contributed by atoms with E-state index in [0.29, 0.717) is 10.2 Å². The Balaban J connectivity index is 1.70. The maximum atomic E-state index is 13.4. The normalized spacial score (nSPS) is 14.8. The molecule has 1 amide bonds. The fourth-order valence-electron chi connectivity index (χ4n) is 2.77. The topological polar surface area (TPSA) is 77.1 Å². The molecule has 4 rings (SSSR count). The Morgan fingerprint density at radius 1 is 1.35 bits per heavy atom. The summed E-state index contributed by atoms with van der Waals surface area (Å²) in [5, 5.41) is 10.4. The highest BCUT2D eigenvalue weighted by atomic mass is 19.4. The molecule has 1 fully saturated rings. The molecule has 1 aliphatic rings. The van der Waals surface area contributed by atoms with Gasteiger partial charge in [-0.1, -0.05) is 0 Å². The van der Waals surface area contributed by atoms with E-state index in [1.165, 1.54) is 0 Å². The molecule has 3 aromatic rings. The van der Waals surface area contributed by atoms with E-state index in [-0.39, 0.29) is 23.7 Å². The van der Waals surface area contributed by atoms with Gasteiger partial charge < -0.3 is 5.32 Å². The summed E-state index contributed by atoms with van der Waals surface area (Å²) in [6, 6.07) is 2.76. The van der Waals surface area contributed by atoms with Crippen LogP contribution in [0.5, 0.6) is 0 Å². The van der Waals surface area contributed by atoms with Crippen LogP contribution in [0.2, 0.25) is 0 Å². The first kappa shape index (κ1) is 16.6. The van der Waals surface area contributed by atoms with E-state index in [2.05, 4.69) is 20.5 Å². The summed E-state index contributed by atoms with van der Waals surface area (Å²) < 4.78 is 42.4. The lowest BCUT2D eigenvalue weighted by atomic mass is 10.2. The molecular weight excluding hydrogens is 349 g/mol. The quantitative estimate of drug-likeness (QED) is 0.771. The third-order valence-corrected chi connectivity index (χ3v) is 4.37. The minimum Gasteiger partial charge on any atom is -0.346 e. The van der Waals surface area contributed by atoms with Crippen molar-refractivity contribution in [3.8, 4) is 0 Å². The van der Waals surface area contributed by atoms with Gasteiger partial charge in [-0.15, -0.1) is 0 Å². The van der Waals surface area contributed by atoms with Crippen molar-refractivity contribution < 1.29 is 18.0 Å². The summed E-state index contributed by atoms with van der Waals surface area (Å²) in [7, 11) is 1.73. The fraction of sp³-hybridized carbons (Fsp3) is 0.375. The summed E-state index contributed by atoms with van der Waals surface area (Å²) in [6.07, 6.45) is -0.269. The molecular formula is C16H15F3N6O. The van der Waals surface area contributed by atoms with Crippen LogP contribution in [0.15, 0.2) is 24.5 Å². The zero-order chi connectivity index (χ0) is 18.5. The smallest absolute Gasteiger partial charge is 0.346 e. The van der Waals surface area contributed by atoms with Gasteiger partial charge in [-0.2, -0.15) is 23.4 Å². The lowest BCUT2D eigenvalue weighted by molar-refractivity contribution is -0.142. The molecule has 1 aliphatic carbocycles. The first-order valence-electron chi connectivity index (χ1n) is 8.05. The fourth-order valence-corrected chi connectivity index (χ4v) is 2.77. The third kappa shape index (κ3) is 2.91. The van der Waals surface area contributed by atoms with Gasteiger partial charge in [-0.25, -0.2) is 9.50 Å². The van der Waals surface area contributed by atoms with E-state index in [1.54, 1.807) is 24.0 Å². The average Bonchev–Trinajstić information content (AvgIpc) is 3.22. The predicted molar refractivity (Wildman–Crippen MR) is 84.3 cm³/mol. The second-order valence-electron chi connectivity index (χ2n) is 6.26. The predicted octanol–water partition coefficient (Wildman–Crippen LogP) is 2.29. The van der Waals surface area contributed by atoms with Crippen molar-refractivity contribution in [3.05, 3.63) is 47.2 Å². The van der Waals surface area contributed by atoms with Gasteiger partial charge in [-0.3, -0.25) is 9.48 Å². The molecule has 7 nitrogen and oxygen atoms in total. The first-order chi connectivity index (χ1) is 12.3. The Morgan fingerprint density at radius 3 is 2.73 bits per heavy atom. The second kappa shape index (κ2) is 5.82. The lowest BCUT2D eigenvalue weighted by Gasteiger charge is -2.11. The molecule has 1 saturated carbocycles. The van der Waals surface area contributed by atoms with E-state index >= 15 is 0 Å². The summed E-state index contributed by atoms with van der Waals surface area (Å²) in [5.74, 6) is -0.517. The van der Waals surface area contributed by atoms with Crippen molar-refractivity contribution in [2.45, 2.75) is 31.5 Å². The number of rotatable bonds is 4. The Bertz CT molecular complexity index is 986. The zero-order valence-electron chi connectivity index (χ0n) is 13.8. The van der Waals surface area contributed by atoms with Crippen molar-refractivity contribution in [1.29, 1.82) is 0 Å². The van der Waals surface area contributed by atoms with Gasteiger partial charge in [0.2, 0.25) is 0 Å². The van der Waals surface area contributed by atoms with Gasteiger partial charge in [0.15, 0.2) is 5.65 Å². The molecule has 10 heteroatoms. The number of aryl methyl sites for hydroxylation is 1. The molecule has 0 spiro atoms. The standard InChI is InChI=1S/C16H15F3N6O/c1-24-10(4-5-21-24)7-20-15(26)11-8-22-25-13(16(17,18)19)6-12(9-2-3-9)23-14(11)25/h4-6,8-9H,2-3,7H2,1H3,(H,20,26). The largest absolute Gasteiger partial charge is 0.433 e. The van der Waals surface area contributed by atoms with Crippen LogP contribution in [0.4, 0.5) is 13.2 Å². The number of alkyl halides is 3. The Labute approximate surface area is 145 Å². The Kier molecular flexibility index (Phi) is 3.70.